The minimum Gasteiger partial charge on any atom is -0.465 e. The fraction of sp³-hybridized carbons (Fsp3) is 0.750. The summed E-state index contributed by atoms with van der Waals surface area (Å²) in [5.41, 5.74) is 0. The average Bonchev–Trinajstić information content (AvgIpc) is 2.02. The van der Waals surface area contributed by atoms with E-state index in [9.17, 15) is 9.59 Å². The molecule has 0 radical (unpaired) electrons. The van der Waals surface area contributed by atoms with Gasteiger partial charge >= 0.3 is 5.97 Å². The summed E-state index contributed by atoms with van der Waals surface area (Å²) in [6.45, 7) is 5.50. The molecule has 0 spiro atoms. The molecule has 0 aromatic heterocycles. The Labute approximate surface area is 80.6 Å². The van der Waals surface area contributed by atoms with E-state index in [0.29, 0.717) is 6.61 Å². The van der Waals surface area contributed by atoms with Crippen LogP contribution in [-0.4, -0.2) is 23.2 Å². The van der Waals surface area contributed by atoms with Crippen LogP contribution in [0.2, 0.25) is 0 Å². The molecule has 0 unspecified atom stereocenters. The third kappa shape index (κ3) is 3.34. The van der Waals surface area contributed by atoms with E-state index in [1.165, 1.54) is 0 Å². The van der Waals surface area contributed by atoms with Gasteiger partial charge in [0.1, 0.15) is 0 Å². The minimum absolute atomic E-state index is 0.145. The number of esters is 1. The SMILES string of the molecule is CCOC(=O)[C@@H](Br)C(=O)C(C)C. The van der Waals surface area contributed by atoms with Gasteiger partial charge in [0.25, 0.3) is 0 Å². The van der Waals surface area contributed by atoms with E-state index in [1.807, 2.05) is 0 Å². The van der Waals surface area contributed by atoms with E-state index >= 15 is 0 Å². The van der Waals surface area contributed by atoms with Crippen LogP contribution in [0.15, 0.2) is 0 Å². The molecule has 0 bridgehead atoms. The van der Waals surface area contributed by atoms with Gasteiger partial charge in [0.05, 0.1) is 6.61 Å². The fourth-order valence-corrected chi connectivity index (χ4v) is 1.29. The molecule has 0 fully saturated rings. The number of ketones is 1. The van der Waals surface area contributed by atoms with Crippen LogP contribution in [0, 0.1) is 5.92 Å². The molecule has 0 aliphatic carbocycles. The van der Waals surface area contributed by atoms with Gasteiger partial charge in [-0.05, 0) is 6.92 Å². The van der Waals surface area contributed by atoms with Crippen molar-refractivity contribution in [3.63, 3.8) is 0 Å². The summed E-state index contributed by atoms with van der Waals surface area (Å²) >= 11 is 2.99. The van der Waals surface area contributed by atoms with Crippen molar-refractivity contribution in [2.75, 3.05) is 6.61 Å². The highest BCUT2D eigenvalue weighted by atomic mass is 79.9. The first-order valence-corrected chi connectivity index (χ1v) is 4.76. The molecule has 0 rings (SSSR count). The molecule has 0 aliphatic rings. The van der Waals surface area contributed by atoms with Gasteiger partial charge in [-0.15, -0.1) is 0 Å². The largest absolute Gasteiger partial charge is 0.465 e. The number of rotatable bonds is 4. The van der Waals surface area contributed by atoms with E-state index < -0.39 is 10.8 Å². The normalized spacial score (nSPS) is 12.8. The van der Waals surface area contributed by atoms with Crippen LogP contribution in [-0.2, 0) is 14.3 Å². The summed E-state index contributed by atoms with van der Waals surface area (Å²) in [6, 6.07) is 0. The van der Waals surface area contributed by atoms with E-state index in [0.717, 1.165) is 0 Å². The predicted molar refractivity (Wildman–Crippen MR) is 49.2 cm³/mol. The maximum Gasteiger partial charge on any atom is 0.327 e. The van der Waals surface area contributed by atoms with E-state index in [1.54, 1.807) is 20.8 Å². The second kappa shape index (κ2) is 5.30. The lowest BCUT2D eigenvalue weighted by atomic mass is 10.1. The van der Waals surface area contributed by atoms with Crippen molar-refractivity contribution in [1.29, 1.82) is 0 Å². The van der Waals surface area contributed by atoms with Gasteiger partial charge in [-0.3, -0.25) is 9.59 Å². The van der Waals surface area contributed by atoms with E-state index in [4.69, 9.17) is 0 Å². The summed E-state index contributed by atoms with van der Waals surface area (Å²) in [6.07, 6.45) is 0. The Hall–Kier alpha value is -0.380. The first-order chi connectivity index (χ1) is 5.50. The molecule has 4 heteroatoms. The highest BCUT2D eigenvalue weighted by molar-refractivity contribution is 9.10. The van der Waals surface area contributed by atoms with E-state index in [-0.39, 0.29) is 11.7 Å². The summed E-state index contributed by atoms with van der Waals surface area (Å²) in [4.78, 5) is 21.4. The molecule has 70 valence electrons. The van der Waals surface area contributed by atoms with Gasteiger partial charge in [-0.2, -0.15) is 0 Å². The maximum absolute atomic E-state index is 11.2. The van der Waals surface area contributed by atoms with Crippen molar-refractivity contribution >= 4 is 27.7 Å². The molecule has 12 heavy (non-hydrogen) atoms. The Bertz CT molecular complexity index is 177. The van der Waals surface area contributed by atoms with Crippen molar-refractivity contribution in [2.45, 2.75) is 25.6 Å². The van der Waals surface area contributed by atoms with Crippen molar-refractivity contribution < 1.29 is 14.3 Å². The molecule has 0 aromatic rings. The standard InChI is InChI=1S/C8H13BrO3/c1-4-12-8(11)6(9)7(10)5(2)3/h5-6H,4H2,1-3H3/t6-/m0/s1. The smallest absolute Gasteiger partial charge is 0.327 e. The van der Waals surface area contributed by atoms with Gasteiger partial charge in [-0.25, -0.2) is 0 Å². The molecule has 0 saturated heterocycles. The number of halogens is 1. The predicted octanol–water partition coefficient (Wildman–Crippen LogP) is 1.54. The molecule has 0 saturated carbocycles. The van der Waals surface area contributed by atoms with Crippen molar-refractivity contribution in [1.82, 2.24) is 0 Å². The lowest BCUT2D eigenvalue weighted by Crippen LogP contribution is -2.29. The van der Waals surface area contributed by atoms with Crippen LogP contribution in [0.4, 0.5) is 0 Å². The number of ether oxygens (including phenoxy) is 1. The molecular formula is C8H13BrO3. The van der Waals surface area contributed by atoms with Gasteiger partial charge in [0.2, 0.25) is 0 Å². The van der Waals surface area contributed by atoms with E-state index in [2.05, 4.69) is 20.7 Å². The second-order valence-corrected chi connectivity index (χ2v) is 3.59. The topological polar surface area (TPSA) is 43.4 Å². The second-order valence-electron chi connectivity index (χ2n) is 2.67. The number of carbonyl (C=O) groups is 2. The molecule has 1 atom stereocenters. The van der Waals surface area contributed by atoms with Crippen LogP contribution < -0.4 is 0 Å². The first-order valence-electron chi connectivity index (χ1n) is 3.85. The van der Waals surface area contributed by atoms with Crippen molar-refractivity contribution in [3.8, 4) is 0 Å². The summed E-state index contributed by atoms with van der Waals surface area (Å²) in [7, 11) is 0. The van der Waals surface area contributed by atoms with Crippen molar-refractivity contribution in [3.05, 3.63) is 0 Å². The Morgan fingerprint density at radius 3 is 2.25 bits per heavy atom. The summed E-state index contributed by atoms with van der Waals surface area (Å²) in [5.74, 6) is -0.802. The minimum atomic E-state index is -0.808. The van der Waals surface area contributed by atoms with Gasteiger partial charge in [-0.1, -0.05) is 29.8 Å². The fourth-order valence-electron chi connectivity index (χ4n) is 0.624. The van der Waals surface area contributed by atoms with Gasteiger partial charge < -0.3 is 4.74 Å². The first kappa shape index (κ1) is 11.6. The quantitative estimate of drug-likeness (QED) is 0.423. The molecule has 0 amide bonds. The van der Waals surface area contributed by atoms with Crippen LogP contribution in [0.3, 0.4) is 0 Å². The zero-order valence-electron chi connectivity index (χ0n) is 7.46. The number of carbonyl (C=O) groups excluding carboxylic acids is 2. The molecule has 0 heterocycles. The highest BCUT2D eigenvalue weighted by Gasteiger charge is 2.26. The molecule has 0 aromatic carbocycles. The maximum atomic E-state index is 11.2. The lowest BCUT2D eigenvalue weighted by Gasteiger charge is -2.09. The zero-order valence-corrected chi connectivity index (χ0v) is 9.05. The highest BCUT2D eigenvalue weighted by Crippen LogP contribution is 2.10. The van der Waals surface area contributed by atoms with Gasteiger partial charge in [0.15, 0.2) is 10.6 Å². The summed E-state index contributed by atoms with van der Waals surface area (Å²) in [5, 5.41) is 0. The molecular weight excluding hydrogens is 224 g/mol. The Balaban J connectivity index is 4.10. The molecule has 0 N–H and O–H groups in total. The number of Topliss-reactive ketones (excluding diaryl/α,β-unsaturated/α-hetero) is 1. The zero-order chi connectivity index (χ0) is 9.72. The molecule has 3 nitrogen and oxygen atoms in total. The third-order valence-corrected chi connectivity index (χ3v) is 2.14. The van der Waals surface area contributed by atoms with Crippen LogP contribution in [0.25, 0.3) is 0 Å². The van der Waals surface area contributed by atoms with Crippen molar-refractivity contribution in [2.24, 2.45) is 5.92 Å². The number of hydrogen-bond acceptors (Lipinski definition) is 3. The monoisotopic (exact) mass is 236 g/mol. The Morgan fingerprint density at radius 1 is 1.42 bits per heavy atom. The Morgan fingerprint density at radius 2 is 1.92 bits per heavy atom. The van der Waals surface area contributed by atoms with Crippen LogP contribution in [0.1, 0.15) is 20.8 Å². The Kier molecular flexibility index (Phi) is 5.13. The van der Waals surface area contributed by atoms with Gasteiger partial charge in [0, 0.05) is 5.92 Å². The summed E-state index contributed by atoms with van der Waals surface area (Å²) < 4.78 is 4.67. The average molecular weight is 237 g/mol. The number of hydrogen-bond donors (Lipinski definition) is 0. The molecule has 0 aliphatic heterocycles. The lowest BCUT2D eigenvalue weighted by molar-refractivity contribution is -0.145. The van der Waals surface area contributed by atoms with Crippen LogP contribution >= 0.6 is 15.9 Å². The number of alkyl halides is 1. The van der Waals surface area contributed by atoms with Crippen LogP contribution in [0.5, 0.6) is 0 Å². The third-order valence-electron chi connectivity index (χ3n) is 1.31.